The fraction of sp³-hybridized carbons (Fsp3) is 0.158. The van der Waals surface area contributed by atoms with Crippen LogP contribution in [-0.4, -0.2) is 5.11 Å². The summed E-state index contributed by atoms with van der Waals surface area (Å²) >= 11 is 0. The second-order valence-corrected chi connectivity index (χ2v) is 5.58. The summed E-state index contributed by atoms with van der Waals surface area (Å²) in [5.41, 5.74) is 5.41. The first-order valence-corrected chi connectivity index (χ1v) is 7.12. The van der Waals surface area contributed by atoms with Gasteiger partial charge in [-0.3, -0.25) is 0 Å². The number of phenolic OH excluding ortho intramolecular Hbond substituents is 1. The van der Waals surface area contributed by atoms with Crippen LogP contribution in [0.25, 0.3) is 10.8 Å². The second kappa shape index (κ2) is 5.13. The molecule has 2 nitrogen and oxygen atoms in total. The molecule has 0 saturated heterocycles. The van der Waals surface area contributed by atoms with E-state index >= 15 is 0 Å². The summed E-state index contributed by atoms with van der Waals surface area (Å²) in [7, 11) is 0. The quantitative estimate of drug-likeness (QED) is 0.630. The summed E-state index contributed by atoms with van der Waals surface area (Å²) in [6, 6.07) is 16.1. The highest BCUT2D eigenvalue weighted by Crippen LogP contribution is 2.36. The normalized spacial score (nSPS) is 10.8. The molecule has 2 heteroatoms. The van der Waals surface area contributed by atoms with Crippen LogP contribution < -0.4 is 5.32 Å². The molecule has 0 spiro atoms. The molecule has 0 heterocycles. The topological polar surface area (TPSA) is 32.3 Å². The first kappa shape index (κ1) is 13.5. The number of anilines is 2. The molecule has 0 radical (unpaired) electrons. The van der Waals surface area contributed by atoms with Gasteiger partial charge in [-0.1, -0.05) is 48.0 Å². The van der Waals surface area contributed by atoms with Gasteiger partial charge in [-0.25, -0.2) is 0 Å². The van der Waals surface area contributed by atoms with Crippen molar-refractivity contribution < 1.29 is 5.11 Å². The standard InChI is InChI=1S/C19H19NO/c1-12-10-13(2)18(14(3)11-12)20-17-9-8-15-6-4-5-7-16(15)19(17)21/h4-11,20-21H,1-3H3. The predicted molar refractivity (Wildman–Crippen MR) is 89.5 cm³/mol. The van der Waals surface area contributed by atoms with Crippen LogP contribution in [0, 0.1) is 20.8 Å². The minimum atomic E-state index is 0.299. The van der Waals surface area contributed by atoms with Crippen LogP contribution in [0.4, 0.5) is 11.4 Å². The lowest BCUT2D eigenvalue weighted by molar-refractivity contribution is 0.484. The molecule has 0 saturated carbocycles. The molecule has 0 aliphatic carbocycles. The van der Waals surface area contributed by atoms with E-state index in [2.05, 4.69) is 38.2 Å². The average molecular weight is 277 g/mol. The zero-order valence-corrected chi connectivity index (χ0v) is 12.6. The Bertz CT molecular complexity index is 798. The third-order valence-electron chi connectivity index (χ3n) is 3.84. The summed E-state index contributed by atoms with van der Waals surface area (Å²) in [5, 5.41) is 15.8. The Hall–Kier alpha value is -2.48. The summed E-state index contributed by atoms with van der Waals surface area (Å²) in [6.07, 6.45) is 0. The van der Waals surface area contributed by atoms with Crippen molar-refractivity contribution in [3.8, 4) is 5.75 Å². The largest absolute Gasteiger partial charge is 0.505 e. The Morgan fingerprint density at radius 2 is 1.52 bits per heavy atom. The molecule has 0 bridgehead atoms. The van der Waals surface area contributed by atoms with E-state index in [0.717, 1.165) is 22.1 Å². The third kappa shape index (κ3) is 2.45. The molecule has 3 rings (SSSR count). The van der Waals surface area contributed by atoms with Crippen molar-refractivity contribution in [1.29, 1.82) is 0 Å². The van der Waals surface area contributed by atoms with E-state index in [1.165, 1.54) is 16.7 Å². The lowest BCUT2D eigenvalue weighted by Crippen LogP contribution is -1.97. The fourth-order valence-corrected chi connectivity index (χ4v) is 2.87. The Labute approximate surface area is 125 Å². The van der Waals surface area contributed by atoms with Crippen molar-refractivity contribution in [2.45, 2.75) is 20.8 Å². The maximum atomic E-state index is 10.5. The zero-order chi connectivity index (χ0) is 15.0. The van der Waals surface area contributed by atoms with E-state index < -0.39 is 0 Å². The highest BCUT2D eigenvalue weighted by atomic mass is 16.3. The van der Waals surface area contributed by atoms with Gasteiger partial charge in [0, 0.05) is 11.1 Å². The maximum absolute atomic E-state index is 10.5. The van der Waals surface area contributed by atoms with E-state index in [0.29, 0.717) is 5.75 Å². The van der Waals surface area contributed by atoms with Crippen molar-refractivity contribution in [1.82, 2.24) is 0 Å². The maximum Gasteiger partial charge on any atom is 0.146 e. The molecule has 3 aromatic carbocycles. The highest BCUT2D eigenvalue weighted by Gasteiger charge is 2.09. The number of aromatic hydroxyl groups is 1. The Morgan fingerprint density at radius 1 is 0.857 bits per heavy atom. The average Bonchev–Trinajstić information content (AvgIpc) is 2.45. The van der Waals surface area contributed by atoms with E-state index in [1.54, 1.807) is 0 Å². The summed E-state index contributed by atoms with van der Waals surface area (Å²) in [5.74, 6) is 0.299. The summed E-state index contributed by atoms with van der Waals surface area (Å²) in [6.45, 7) is 6.26. The highest BCUT2D eigenvalue weighted by molar-refractivity contribution is 5.94. The molecule has 0 unspecified atom stereocenters. The SMILES string of the molecule is Cc1cc(C)c(Nc2ccc3ccccc3c2O)c(C)c1. The number of phenols is 1. The van der Waals surface area contributed by atoms with E-state index in [-0.39, 0.29) is 0 Å². The van der Waals surface area contributed by atoms with Gasteiger partial charge >= 0.3 is 0 Å². The van der Waals surface area contributed by atoms with E-state index in [4.69, 9.17) is 0 Å². The zero-order valence-electron chi connectivity index (χ0n) is 12.6. The van der Waals surface area contributed by atoms with Crippen LogP contribution in [0.15, 0.2) is 48.5 Å². The number of rotatable bonds is 2. The lowest BCUT2D eigenvalue weighted by atomic mass is 10.0. The van der Waals surface area contributed by atoms with Crippen molar-refractivity contribution >= 4 is 22.1 Å². The van der Waals surface area contributed by atoms with Crippen molar-refractivity contribution in [2.24, 2.45) is 0 Å². The van der Waals surface area contributed by atoms with E-state index in [9.17, 15) is 5.11 Å². The van der Waals surface area contributed by atoms with Crippen LogP contribution in [0.5, 0.6) is 5.75 Å². The molecule has 21 heavy (non-hydrogen) atoms. The lowest BCUT2D eigenvalue weighted by Gasteiger charge is -2.16. The van der Waals surface area contributed by atoms with E-state index in [1.807, 2.05) is 36.4 Å². The fourth-order valence-electron chi connectivity index (χ4n) is 2.87. The third-order valence-corrected chi connectivity index (χ3v) is 3.84. The van der Waals surface area contributed by atoms with Crippen LogP contribution in [0.1, 0.15) is 16.7 Å². The molecular weight excluding hydrogens is 258 g/mol. The first-order valence-electron chi connectivity index (χ1n) is 7.12. The molecule has 3 aromatic rings. The van der Waals surface area contributed by atoms with Crippen LogP contribution in [0.3, 0.4) is 0 Å². The molecular formula is C19H19NO. The van der Waals surface area contributed by atoms with Crippen molar-refractivity contribution in [3.63, 3.8) is 0 Å². The monoisotopic (exact) mass is 277 g/mol. The number of benzene rings is 3. The predicted octanol–water partition coefficient (Wildman–Crippen LogP) is 5.21. The molecule has 0 aliphatic heterocycles. The van der Waals surface area contributed by atoms with Crippen LogP contribution in [0.2, 0.25) is 0 Å². The molecule has 106 valence electrons. The number of hydrogen-bond donors (Lipinski definition) is 2. The van der Waals surface area contributed by atoms with Gasteiger partial charge in [0.2, 0.25) is 0 Å². The molecule has 0 fully saturated rings. The summed E-state index contributed by atoms with van der Waals surface area (Å²) in [4.78, 5) is 0. The van der Waals surface area contributed by atoms with Crippen molar-refractivity contribution in [3.05, 3.63) is 65.2 Å². The Balaban J connectivity index is 2.09. The minimum Gasteiger partial charge on any atom is -0.505 e. The molecule has 2 N–H and O–H groups in total. The molecule has 0 amide bonds. The van der Waals surface area contributed by atoms with Gasteiger partial charge in [0.15, 0.2) is 0 Å². The van der Waals surface area contributed by atoms with Gasteiger partial charge in [-0.05, 0) is 43.4 Å². The Kier molecular flexibility index (Phi) is 3.30. The smallest absolute Gasteiger partial charge is 0.146 e. The van der Waals surface area contributed by atoms with Gasteiger partial charge in [-0.15, -0.1) is 0 Å². The number of aryl methyl sites for hydroxylation is 3. The number of fused-ring (bicyclic) bond motifs is 1. The summed E-state index contributed by atoms with van der Waals surface area (Å²) < 4.78 is 0. The first-order chi connectivity index (χ1) is 10.1. The number of nitrogens with one attached hydrogen (secondary N) is 1. The van der Waals surface area contributed by atoms with Gasteiger partial charge < -0.3 is 10.4 Å². The van der Waals surface area contributed by atoms with Crippen LogP contribution >= 0.6 is 0 Å². The number of hydrogen-bond acceptors (Lipinski definition) is 2. The van der Waals surface area contributed by atoms with Gasteiger partial charge in [0.1, 0.15) is 5.75 Å². The Morgan fingerprint density at radius 3 is 2.24 bits per heavy atom. The minimum absolute atomic E-state index is 0.299. The van der Waals surface area contributed by atoms with Crippen molar-refractivity contribution in [2.75, 3.05) is 5.32 Å². The van der Waals surface area contributed by atoms with Crippen LogP contribution in [-0.2, 0) is 0 Å². The molecule has 0 aromatic heterocycles. The second-order valence-electron chi connectivity index (χ2n) is 5.58. The molecule has 0 aliphatic rings. The van der Waals surface area contributed by atoms with Gasteiger partial charge in [0.25, 0.3) is 0 Å². The molecule has 0 atom stereocenters. The van der Waals surface area contributed by atoms with Gasteiger partial charge in [-0.2, -0.15) is 0 Å². The van der Waals surface area contributed by atoms with Gasteiger partial charge in [0.05, 0.1) is 5.69 Å².